The van der Waals surface area contributed by atoms with Crippen molar-refractivity contribution in [1.82, 2.24) is 4.90 Å². The molecule has 0 N–H and O–H groups in total. The number of rotatable bonds is 3. The van der Waals surface area contributed by atoms with Crippen LogP contribution in [0.15, 0.2) is 24.3 Å². The maximum Gasteiger partial charge on any atom is 0.573 e. The zero-order chi connectivity index (χ0) is 15.0. The quantitative estimate of drug-likeness (QED) is 0.734. The Labute approximate surface area is 130 Å². The van der Waals surface area contributed by atoms with Crippen molar-refractivity contribution >= 4 is 15.9 Å². The molecule has 1 aromatic rings. The van der Waals surface area contributed by atoms with Gasteiger partial charge in [-0.25, -0.2) is 0 Å². The fourth-order valence-corrected chi connectivity index (χ4v) is 4.34. The van der Waals surface area contributed by atoms with Crippen LogP contribution in [0.1, 0.15) is 31.2 Å². The van der Waals surface area contributed by atoms with Gasteiger partial charge in [0.05, 0.1) is 0 Å². The number of ether oxygens (including phenoxy) is 1. The maximum atomic E-state index is 12.1. The molecule has 2 saturated heterocycles. The van der Waals surface area contributed by atoms with Crippen LogP contribution in [-0.4, -0.2) is 28.2 Å². The van der Waals surface area contributed by atoms with E-state index >= 15 is 0 Å². The van der Waals surface area contributed by atoms with E-state index in [0.29, 0.717) is 16.9 Å². The predicted octanol–water partition coefficient (Wildman–Crippen LogP) is 4.48. The lowest BCUT2D eigenvalue weighted by molar-refractivity contribution is -0.274. The van der Waals surface area contributed by atoms with Gasteiger partial charge in [0.15, 0.2) is 0 Å². The highest BCUT2D eigenvalue weighted by Gasteiger charge is 2.39. The van der Waals surface area contributed by atoms with E-state index < -0.39 is 6.36 Å². The molecule has 0 aliphatic carbocycles. The lowest BCUT2D eigenvalue weighted by Crippen LogP contribution is -2.42. The van der Waals surface area contributed by atoms with E-state index in [0.717, 1.165) is 24.9 Å². The Hall–Kier alpha value is -0.750. The minimum Gasteiger partial charge on any atom is -0.406 e. The van der Waals surface area contributed by atoms with E-state index in [9.17, 15) is 13.2 Å². The molecule has 2 nitrogen and oxygen atoms in total. The zero-order valence-corrected chi connectivity index (χ0v) is 13.0. The highest BCUT2D eigenvalue weighted by atomic mass is 79.9. The summed E-state index contributed by atoms with van der Waals surface area (Å²) in [6.45, 7) is 0.807. The van der Waals surface area contributed by atoms with Crippen molar-refractivity contribution < 1.29 is 17.9 Å². The minimum absolute atomic E-state index is 0.159. The van der Waals surface area contributed by atoms with Gasteiger partial charge in [-0.2, -0.15) is 0 Å². The van der Waals surface area contributed by atoms with Gasteiger partial charge in [-0.15, -0.1) is 13.2 Å². The van der Waals surface area contributed by atoms with Crippen LogP contribution in [0.25, 0.3) is 0 Å². The monoisotopic (exact) mass is 363 g/mol. The van der Waals surface area contributed by atoms with Crippen LogP contribution in [0.2, 0.25) is 0 Å². The standard InChI is InChI=1S/C15H17BrF3NO/c16-11-7-12-3-4-13(8-11)20(12)9-10-1-5-14(6-2-10)21-15(17,18)19/h1-2,5-6,11-13H,3-4,7-9H2. The van der Waals surface area contributed by atoms with Crippen LogP contribution in [0.3, 0.4) is 0 Å². The number of benzene rings is 1. The van der Waals surface area contributed by atoms with E-state index in [-0.39, 0.29) is 5.75 Å². The smallest absolute Gasteiger partial charge is 0.406 e. The first-order chi connectivity index (χ1) is 9.90. The first-order valence-electron chi connectivity index (χ1n) is 7.15. The maximum absolute atomic E-state index is 12.1. The van der Waals surface area contributed by atoms with Crippen LogP contribution in [-0.2, 0) is 6.54 Å². The minimum atomic E-state index is -4.63. The Balaban J connectivity index is 1.63. The van der Waals surface area contributed by atoms with Gasteiger partial charge in [0.2, 0.25) is 0 Å². The van der Waals surface area contributed by atoms with Gasteiger partial charge in [-0.3, -0.25) is 4.90 Å². The third kappa shape index (κ3) is 3.72. The highest BCUT2D eigenvalue weighted by Crippen LogP contribution is 2.39. The van der Waals surface area contributed by atoms with Crippen molar-refractivity contribution in [2.24, 2.45) is 0 Å². The summed E-state index contributed by atoms with van der Waals surface area (Å²) >= 11 is 3.71. The molecular formula is C15H17BrF3NO. The summed E-state index contributed by atoms with van der Waals surface area (Å²) in [5, 5.41) is 0. The molecule has 2 heterocycles. The van der Waals surface area contributed by atoms with E-state index in [1.54, 1.807) is 12.1 Å². The van der Waals surface area contributed by atoms with Crippen molar-refractivity contribution in [3.8, 4) is 5.75 Å². The molecular weight excluding hydrogens is 347 g/mol. The number of halogens is 4. The molecule has 2 aliphatic heterocycles. The largest absolute Gasteiger partial charge is 0.573 e. The fourth-order valence-electron chi connectivity index (χ4n) is 3.47. The Morgan fingerprint density at radius 1 is 1.10 bits per heavy atom. The van der Waals surface area contributed by atoms with Gasteiger partial charge >= 0.3 is 6.36 Å². The number of alkyl halides is 4. The van der Waals surface area contributed by atoms with Gasteiger partial charge in [-0.05, 0) is 43.4 Å². The number of hydrogen-bond acceptors (Lipinski definition) is 2. The molecule has 1 aromatic carbocycles. The second kappa shape index (κ2) is 5.80. The van der Waals surface area contributed by atoms with E-state index in [1.165, 1.54) is 25.0 Å². The normalized spacial score (nSPS) is 29.6. The van der Waals surface area contributed by atoms with E-state index in [4.69, 9.17) is 0 Å². The summed E-state index contributed by atoms with van der Waals surface area (Å²) in [6, 6.07) is 7.42. The number of fused-ring (bicyclic) bond motifs is 2. The van der Waals surface area contributed by atoms with Gasteiger partial charge in [0.1, 0.15) is 5.75 Å². The second-order valence-corrected chi connectivity index (χ2v) is 7.11. The average Bonchev–Trinajstić information content (AvgIpc) is 2.63. The molecule has 2 fully saturated rings. The van der Waals surface area contributed by atoms with Crippen LogP contribution < -0.4 is 4.74 Å². The third-order valence-corrected chi connectivity index (χ3v) is 5.10. The summed E-state index contributed by atoms with van der Waals surface area (Å²) in [5.41, 5.74) is 1.04. The molecule has 2 atom stereocenters. The molecule has 3 rings (SSSR count). The lowest BCUT2D eigenvalue weighted by atomic mass is 10.0. The second-order valence-electron chi connectivity index (χ2n) is 5.82. The average molecular weight is 364 g/mol. The zero-order valence-electron chi connectivity index (χ0n) is 11.4. The summed E-state index contributed by atoms with van der Waals surface area (Å²) in [5.74, 6) is -0.159. The number of piperidine rings is 1. The number of nitrogens with zero attached hydrogens (tertiary/aromatic N) is 1. The van der Waals surface area contributed by atoms with Crippen LogP contribution >= 0.6 is 15.9 Å². The molecule has 2 unspecified atom stereocenters. The number of hydrogen-bond donors (Lipinski definition) is 0. The van der Waals surface area contributed by atoms with Gasteiger partial charge in [0, 0.05) is 23.5 Å². The predicted molar refractivity (Wildman–Crippen MR) is 77.4 cm³/mol. The first kappa shape index (κ1) is 15.2. The first-order valence-corrected chi connectivity index (χ1v) is 8.07. The van der Waals surface area contributed by atoms with Crippen LogP contribution in [0, 0.1) is 0 Å². The Bertz CT molecular complexity index is 477. The molecule has 116 valence electrons. The summed E-state index contributed by atoms with van der Waals surface area (Å²) in [7, 11) is 0. The Kier molecular flexibility index (Phi) is 4.19. The van der Waals surface area contributed by atoms with Crippen molar-refractivity contribution in [1.29, 1.82) is 0 Å². The van der Waals surface area contributed by atoms with Crippen molar-refractivity contribution in [3.63, 3.8) is 0 Å². The molecule has 21 heavy (non-hydrogen) atoms. The molecule has 0 saturated carbocycles. The molecule has 2 bridgehead atoms. The molecule has 6 heteroatoms. The summed E-state index contributed by atoms with van der Waals surface area (Å²) in [6.07, 6.45) is 0.139. The Morgan fingerprint density at radius 2 is 1.67 bits per heavy atom. The molecule has 0 amide bonds. The Morgan fingerprint density at radius 3 is 2.19 bits per heavy atom. The lowest BCUT2D eigenvalue weighted by Gasteiger charge is -2.37. The van der Waals surface area contributed by atoms with Gasteiger partial charge in [0.25, 0.3) is 0 Å². The molecule has 0 aromatic heterocycles. The SMILES string of the molecule is FC(F)(F)Oc1ccc(CN2C3CCC2CC(Br)C3)cc1. The highest BCUT2D eigenvalue weighted by molar-refractivity contribution is 9.09. The third-order valence-electron chi connectivity index (χ3n) is 4.35. The summed E-state index contributed by atoms with van der Waals surface area (Å²) in [4.78, 5) is 3.10. The van der Waals surface area contributed by atoms with E-state index in [2.05, 4.69) is 25.6 Å². The molecule has 0 spiro atoms. The van der Waals surface area contributed by atoms with Crippen LogP contribution in [0.4, 0.5) is 13.2 Å². The van der Waals surface area contributed by atoms with Crippen molar-refractivity contribution in [2.45, 2.75) is 55.5 Å². The summed E-state index contributed by atoms with van der Waals surface area (Å²) < 4.78 is 40.3. The van der Waals surface area contributed by atoms with E-state index in [1.807, 2.05) is 0 Å². The topological polar surface area (TPSA) is 12.5 Å². The van der Waals surface area contributed by atoms with Crippen molar-refractivity contribution in [2.75, 3.05) is 0 Å². The molecule has 2 aliphatic rings. The molecule has 0 radical (unpaired) electrons. The van der Waals surface area contributed by atoms with Gasteiger partial charge < -0.3 is 4.74 Å². The van der Waals surface area contributed by atoms with Gasteiger partial charge in [-0.1, -0.05) is 28.1 Å². The van der Waals surface area contributed by atoms with Crippen LogP contribution in [0.5, 0.6) is 5.75 Å². The van der Waals surface area contributed by atoms with Crippen molar-refractivity contribution in [3.05, 3.63) is 29.8 Å². The fraction of sp³-hybridized carbons (Fsp3) is 0.600.